The Morgan fingerprint density at radius 3 is 1.69 bits per heavy atom. The molecule has 13 heavy (non-hydrogen) atoms. The standard InChI is InChI=1S/C8H19NO4/c1-12-5-7(10)3-9-4-8(11)6-13-2/h7-11H,3-6H2,1-2H3. The molecule has 0 heterocycles. The number of hydrogen-bond donors (Lipinski definition) is 3. The lowest BCUT2D eigenvalue weighted by Crippen LogP contribution is -2.36. The number of nitrogens with one attached hydrogen (secondary N) is 1. The van der Waals surface area contributed by atoms with Crippen LogP contribution in [0.15, 0.2) is 0 Å². The topological polar surface area (TPSA) is 71.0 Å². The predicted molar refractivity (Wildman–Crippen MR) is 48.6 cm³/mol. The van der Waals surface area contributed by atoms with E-state index < -0.39 is 12.2 Å². The SMILES string of the molecule is COCC(O)CNCC(O)COC. The van der Waals surface area contributed by atoms with E-state index in [1.165, 1.54) is 14.2 Å². The zero-order valence-electron chi connectivity index (χ0n) is 8.19. The van der Waals surface area contributed by atoms with Gasteiger partial charge in [0.1, 0.15) is 0 Å². The lowest BCUT2D eigenvalue weighted by atomic mass is 10.3. The van der Waals surface area contributed by atoms with E-state index in [9.17, 15) is 10.2 Å². The molecule has 0 rings (SSSR count). The zero-order chi connectivity index (χ0) is 10.1. The molecule has 0 radical (unpaired) electrons. The minimum atomic E-state index is -0.528. The van der Waals surface area contributed by atoms with E-state index in [1.54, 1.807) is 0 Å². The van der Waals surface area contributed by atoms with Crippen molar-refractivity contribution < 1.29 is 19.7 Å². The highest BCUT2D eigenvalue weighted by Gasteiger charge is 2.05. The molecular weight excluding hydrogens is 174 g/mol. The molecule has 0 aliphatic heterocycles. The fourth-order valence-corrected chi connectivity index (χ4v) is 0.919. The largest absolute Gasteiger partial charge is 0.389 e. The first kappa shape index (κ1) is 12.8. The van der Waals surface area contributed by atoms with Gasteiger partial charge in [-0.2, -0.15) is 0 Å². The molecule has 0 bridgehead atoms. The van der Waals surface area contributed by atoms with Crippen LogP contribution < -0.4 is 5.32 Å². The summed E-state index contributed by atoms with van der Waals surface area (Å²) in [5.41, 5.74) is 0. The smallest absolute Gasteiger partial charge is 0.0897 e. The minimum absolute atomic E-state index is 0.299. The Labute approximate surface area is 78.7 Å². The third-order valence-electron chi connectivity index (χ3n) is 1.48. The van der Waals surface area contributed by atoms with Gasteiger partial charge in [-0.05, 0) is 0 Å². The maximum Gasteiger partial charge on any atom is 0.0897 e. The van der Waals surface area contributed by atoms with Gasteiger partial charge in [-0.1, -0.05) is 0 Å². The Balaban J connectivity index is 3.23. The average molecular weight is 193 g/mol. The summed E-state index contributed by atoms with van der Waals surface area (Å²) in [4.78, 5) is 0. The van der Waals surface area contributed by atoms with Crippen LogP contribution in [-0.2, 0) is 9.47 Å². The van der Waals surface area contributed by atoms with Crippen molar-refractivity contribution in [3.63, 3.8) is 0 Å². The van der Waals surface area contributed by atoms with Gasteiger partial charge in [0.2, 0.25) is 0 Å². The molecule has 2 atom stereocenters. The van der Waals surface area contributed by atoms with Gasteiger partial charge in [-0.3, -0.25) is 0 Å². The van der Waals surface area contributed by atoms with Crippen molar-refractivity contribution in [3.05, 3.63) is 0 Å². The summed E-state index contributed by atoms with van der Waals surface area (Å²) >= 11 is 0. The fourth-order valence-electron chi connectivity index (χ4n) is 0.919. The summed E-state index contributed by atoms with van der Waals surface area (Å²) in [5, 5.41) is 21.3. The normalized spacial score (nSPS) is 15.7. The lowest BCUT2D eigenvalue weighted by Gasteiger charge is -2.13. The molecule has 0 saturated heterocycles. The van der Waals surface area contributed by atoms with Crippen LogP contribution in [0.1, 0.15) is 0 Å². The Morgan fingerprint density at radius 2 is 1.38 bits per heavy atom. The molecule has 0 saturated carbocycles. The molecule has 0 amide bonds. The van der Waals surface area contributed by atoms with Crippen molar-refractivity contribution in [2.24, 2.45) is 0 Å². The van der Waals surface area contributed by atoms with E-state index in [0.29, 0.717) is 26.3 Å². The molecule has 3 N–H and O–H groups in total. The van der Waals surface area contributed by atoms with Crippen molar-refractivity contribution in [2.75, 3.05) is 40.5 Å². The van der Waals surface area contributed by atoms with E-state index in [2.05, 4.69) is 5.32 Å². The number of methoxy groups -OCH3 is 2. The Morgan fingerprint density at radius 1 is 1.00 bits per heavy atom. The zero-order valence-corrected chi connectivity index (χ0v) is 8.19. The van der Waals surface area contributed by atoms with Crippen LogP contribution in [0.2, 0.25) is 0 Å². The fraction of sp³-hybridized carbons (Fsp3) is 1.00. The van der Waals surface area contributed by atoms with E-state index in [0.717, 1.165) is 0 Å². The van der Waals surface area contributed by atoms with E-state index in [-0.39, 0.29) is 0 Å². The molecule has 80 valence electrons. The third-order valence-corrected chi connectivity index (χ3v) is 1.48. The molecule has 0 aliphatic rings. The number of aliphatic hydroxyl groups excluding tert-OH is 2. The quantitative estimate of drug-likeness (QED) is 0.442. The van der Waals surface area contributed by atoms with Gasteiger partial charge < -0.3 is 25.0 Å². The first-order chi connectivity index (χ1) is 6.20. The summed E-state index contributed by atoms with van der Waals surface area (Å²) in [6, 6.07) is 0. The summed E-state index contributed by atoms with van der Waals surface area (Å²) in [6.07, 6.45) is -1.06. The average Bonchev–Trinajstić information content (AvgIpc) is 2.05. The van der Waals surface area contributed by atoms with Crippen molar-refractivity contribution in [1.82, 2.24) is 5.32 Å². The number of ether oxygens (including phenoxy) is 2. The third kappa shape index (κ3) is 8.14. The van der Waals surface area contributed by atoms with E-state index in [4.69, 9.17) is 9.47 Å². The molecule has 0 fully saturated rings. The Hall–Kier alpha value is -0.200. The molecule has 0 aromatic heterocycles. The molecule has 0 aromatic carbocycles. The van der Waals surface area contributed by atoms with Gasteiger partial charge in [-0.15, -0.1) is 0 Å². The van der Waals surface area contributed by atoms with Crippen molar-refractivity contribution in [2.45, 2.75) is 12.2 Å². The summed E-state index contributed by atoms with van der Waals surface area (Å²) in [7, 11) is 3.06. The van der Waals surface area contributed by atoms with Crippen LogP contribution in [-0.4, -0.2) is 62.9 Å². The highest BCUT2D eigenvalue weighted by atomic mass is 16.5. The highest BCUT2D eigenvalue weighted by molar-refractivity contribution is 4.62. The number of rotatable bonds is 8. The second-order valence-electron chi connectivity index (χ2n) is 2.88. The van der Waals surface area contributed by atoms with Crippen LogP contribution in [0, 0.1) is 0 Å². The number of aliphatic hydroxyl groups is 2. The van der Waals surface area contributed by atoms with Gasteiger partial charge in [-0.25, -0.2) is 0 Å². The second-order valence-corrected chi connectivity index (χ2v) is 2.88. The Kier molecular flexibility index (Phi) is 8.27. The molecule has 5 heteroatoms. The molecular formula is C8H19NO4. The van der Waals surface area contributed by atoms with Crippen LogP contribution in [0.3, 0.4) is 0 Å². The van der Waals surface area contributed by atoms with Crippen molar-refractivity contribution in [3.8, 4) is 0 Å². The molecule has 0 aromatic rings. The van der Waals surface area contributed by atoms with Gasteiger partial charge >= 0.3 is 0 Å². The van der Waals surface area contributed by atoms with Crippen LogP contribution >= 0.6 is 0 Å². The van der Waals surface area contributed by atoms with Crippen molar-refractivity contribution >= 4 is 0 Å². The summed E-state index contributed by atoms with van der Waals surface area (Å²) in [5.74, 6) is 0. The van der Waals surface area contributed by atoms with Crippen LogP contribution in [0.4, 0.5) is 0 Å². The van der Waals surface area contributed by atoms with E-state index >= 15 is 0 Å². The maximum atomic E-state index is 9.19. The lowest BCUT2D eigenvalue weighted by molar-refractivity contribution is 0.0485. The first-order valence-electron chi connectivity index (χ1n) is 4.25. The summed E-state index contributed by atoms with van der Waals surface area (Å²) in [6.45, 7) is 1.42. The van der Waals surface area contributed by atoms with Gasteiger partial charge in [0, 0.05) is 27.3 Å². The monoisotopic (exact) mass is 193 g/mol. The maximum absolute atomic E-state index is 9.19. The number of hydrogen-bond acceptors (Lipinski definition) is 5. The predicted octanol–water partition coefficient (Wildman–Crippen LogP) is -1.41. The van der Waals surface area contributed by atoms with Crippen LogP contribution in [0.25, 0.3) is 0 Å². The van der Waals surface area contributed by atoms with E-state index in [1.807, 2.05) is 0 Å². The molecule has 0 aliphatic carbocycles. The van der Waals surface area contributed by atoms with Gasteiger partial charge in [0.25, 0.3) is 0 Å². The molecule has 5 nitrogen and oxygen atoms in total. The summed E-state index contributed by atoms with van der Waals surface area (Å²) < 4.78 is 9.46. The molecule has 0 spiro atoms. The van der Waals surface area contributed by atoms with Crippen molar-refractivity contribution in [1.29, 1.82) is 0 Å². The second kappa shape index (κ2) is 8.40. The Bertz CT molecular complexity index is 100. The van der Waals surface area contributed by atoms with Gasteiger partial charge in [0.05, 0.1) is 25.4 Å². The minimum Gasteiger partial charge on any atom is -0.389 e. The highest BCUT2D eigenvalue weighted by Crippen LogP contribution is 1.84. The molecule has 2 unspecified atom stereocenters. The van der Waals surface area contributed by atoms with Gasteiger partial charge in [0.15, 0.2) is 0 Å². The van der Waals surface area contributed by atoms with Crippen LogP contribution in [0.5, 0.6) is 0 Å². The first-order valence-corrected chi connectivity index (χ1v) is 4.25.